The second-order valence-electron chi connectivity index (χ2n) is 3.60. The van der Waals surface area contributed by atoms with Gasteiger partial charge in [-0.3, -0.25) is 0 Å². The molecule has 2 aromatic rings. The van der Waals surface area contributed by atoms with E-state index in [-0.39, 0.29) is 11.3 Å². The molecule has 0 aliphatic rings. The SMILES string of the molecule is O=C(O)c1ccccc1Nc1ccc(F)c(F)c1. The summed E-state index contributed by atoms with van der Waals surface area (Å²) >= 11 is 0. The maximum absolute atomic E-state index is 13.0. The van der Waals surface area contributed by atoms with E-state index in [9.17, 15) is 13.6 Å². The number of rotatable bonds is 3. The Labute approximate surface area is 102 Å². The predicted molar refractivity (Wildman–Crippen MR) is 63.0 cm³/mol. The highest BCUT2D eigenvalue weighted by atomic mass is 19.2. The fraction of sp³-hybridized carbons (Fsp3) is 0. The first-order valence-electron chi connectivity index (χ1n) is 5.12. The summed E-state index contributed by atoms with van der Waals surface area (Å²) in [7, 11) is 0. The van der Waals surface area contributed by atoms with Crippen LogP contribution in [0.4, 0.5) is 20.2 Å². The van der Waals surface area contributed by atoms with E-state index in [1.54, 1.807) is 18.2 Å². The van der Waals surface area contributed by atoms with Crippen LogP contribution in [0.1, 0.15) is 10.4 Å². The van der Waals surface area contributed by atoms with Crippen molar-refractivity contribution in [1.29, 1.82) is 0 Å². The molecule has 0 unspecified atom stereocenters. The van der Waals surface area contributed by atoms with Crippen LogP contribution in [0.2, 0.25) is 0 Å². The number of benzene rings is 2. The molecule has 0 aliphatic carbocycles. The average molecular weight is 249 g/mol. The van der Waals surface area contributed by atoms with Gasteiger partial charge in [0.15, 0.2) is 11.6 Å². The van der Waals surface area contributed by atoms with Gasteiger partial charge in [0.05, 0.1) is 11.3 Å². The second-order valence-corrected chi connectivity index (χ2v) is 3.60. The lowest BCUT2D eigenvalue weighted by atomic mass is 10.1. The fourth-order valence-electron chi connectivity index (χ4n) is 1.51. The van der Waals surface area contributed by atoms with Crippen LogP contribution < -0.4 is 5.32 Å². The van der Waals surface area contributed by atoms with E-state index in [1.807, 2.05) is 0 Å². The van der Waals surface area contributed by atoms with Crippen LogP contribution in [0.5, 0.6) is 0 Å². The minimum atomic E-state index is -1.10. The van der Waals surface area contributed by atoms with Crippen LogP contribution in [0.3, 0.4) is 0 Å². The first kappa shape index (κ1) is 12.0. The molecule has 2 aromatic carbocycles. The number of anilines is 2. The molecule has 0 bridgehead atoms. The van der Waals surface area contributed by atoms with Gasteiger partial charge in [-0.2, -0.15) is 0 Å². The lowest BCUT2D eigenvalue weighted by Crippen LogP contribution is -2.02. The number of hydrogen-bond donors (Lipinski definition) is 2. The van der Waals surface area contributed by atoms with Gasteiger partial charge in [-0.15, -0.1) is 0 Å². The Morgan fingerprint density at radius 3 is 2.44 bits per heavy atom. The average Bonchev–Trinajstić information content (AvgIpc) is 2.34. The van der Waals surface area contributed by atoms with E-state index in [1.165, 1.54) is 12.1 Å². The van der Waals surface area contributed by atoms with Crippen molar-refractivity contribution >= 4 is 17.3 Å². The largest absolute Gasteiger partial charge is 0.478 e. The maximum Gasteiger partial charge on any atom is 0.337 e. The molecule has 2 N–H and O–H groups in total. The molecule has 0 fully saturated rings. The number of halogens is 2. The smallest absolute Gasteiger partial charge is 0.337 e. The Balaban J connectivity index is 2.34. The molecule has 5 heteroatoms. The van der Waals surface area contributed by atoms with Gasteiger partial charge < -0.3 is 10.4 Å². The lowest BCUT2D eigenvalue weighted by molar-refractivity contribution is 0.0698. The molecule has 18 heavy (non-hydrogen) atoms. The number of hydrogen-bond acceptors (Lipinski definition) is 2. The molecule has 0 amide bonds. The molecular weight excluding hydrogens is 240 g/mol. The quantitative estimate of drug-likeness (QED) is 0.876. The molecule has 0 saturated heterocycles. The van der Waals surface area contributed by atoms with Gasteiger partial charge in [-0.1, -0.05) is 12.1 Å². The van der Waals surface area contributed by atoms with Crippen molar-refractivity contribution in [2.45, 2.75) is 0 Å². The summed E-state index contributed by atoms with van der Waals surface area (Å²) in [5, 5.41) is 11.7. The molecule has 92 valence electrons. The van der Waals surface area contributed by atoms with Crippen molar-refractivity contribution in [3.05, 3.63) is 59.7 Å². The molecule has 2 rings (SSSR count). The number of para-hydroxylation sites is 1. The molecule has 0 aromatic heterocycles. The molecular formula is C13H9F2NO2. The summed E-state index contributed by atoms with van der Waals surface area (Å²) < 4.78 is 25.8. The summed E-state index contributed by atoms with van der Waals surface area (Å²) in [6.45, 7) is 0. The van der Waals surface area contributed by atoms with E-state index in [2.05, 4.69) is 5.32 Å². The maximum atomic E-state index is 13.0. The van der Waals surface area contributed by atoms with Crippen LogP contribution in [0, 0.1) is 11.6 Å². The van der Waals surface area contributed by atoms with Crippen molar-refractivity contribution < 1.29 is 18.7 Å². The Morgan fingerprint density at radius 2 is 1.78 bits per heavy atom. The first-order valence-corrected chi connectivity index (χ1v) is 5.12. The minimum absolute atomic E-state index is 0.0576. The number of carboxylic acids is 1. The van der Waals surface area contributed by atoms with Gasteiger partial charge in [0.1, 0.15) is 0 Å². The van der Waals surface area contributed by atoms with Gasteiger partial charge in [0, 0.05) is 11.8 Å². The minimum Gasteiger partial charge on any atom is -0.478 e. The highest BCUT2D eigenvalue weighted by molar-refractivity contribution is 5.95. The number of nitrogens with one attached hydrogen (secondary N) is 1. The van der Waals surface area contributed by atoms with Crippen LogP contribution in [0.25, 0.3) is 0 Å². The van der Waals surface area contributed by atoms with Crippen molar-refractivity contribution in [3.63, 3.8) is 0 Å². The predicted octanol–water partition coefficient (Wildman–Crippen LogP) is 3.41. The molecule has 0 heterocycles. The standard InChI is InChI=1S/C13H9F2NO2/c14-10-6-5-8(7-11(10)15)16-12-4-2-1-3-9(12)13(17)18/h1-7,16H,(H,17,18). The Kier molecular flexibility index (Phi) is 3.23. The summed E-state index contributed by atoms with van der Waals surface area (Å²) in [5.41, 5.74) is 0.654. The summed E-state index contributed by atoms with van der Waals surface area (Å²) in [5.74, 6) is -3.04. The fourth-order valence-corrected chi connectivity index (χ4v) is 1.51. The first-order chi connectivity index (χ1) is 8.58. The van der Waals surface area contributed by atoms with Crippen molar-refractivity contribution in [2.24, 2.45) is 0 Å². The molecule has 0 atom stereocenters. The van der Waals surface area contributed by atoms with Gasteiger partial charge in [-0.25, -0.2) is 13.6 Å². The van der Waals surface area contributed by atoms with Crippen molar-refractivity contribution in [2.75, 3.05) is 5.32 Å². The monoisotopic (exact) mass is 249 g/mol. The van der Waals surface area contributed by atoms with E-state index in [0.717, 1.165) is 12.1 Å². The highest BCUT2D eigenvalue weighted by Gasteiger charge is 2.09. The van der Waals surface area contributed by atoms with E-state index < -0.39 is 17.6 Å². The Hall–Kier alpha value is -2.43. The molecule has 0 radical (unpaired) electrons. The third-order valence-corrected chi connectivity index (χ3v) is 2.36. The molecule has 3 nitrogen and oxygen atoms in total. The zero-order chi connectivity index (χ0) is 13.1. The molecule has 0 saturated carbocycles. The van der Waals surface area contributed by atoms with Crippen LogP contribution in [-0.4, -0.2) is 11.1 Å². The summed E-state index contributed by atoms with van der Waals surface area (Å²) in [4.78, 5) is 11.0. The van der Waals surface area contributed by atoms with E-state index in [4.69, 9.17) is 5.11 Å². The van der Waals surface area contributed by atoms with Crippen molar-refractivity contribution in [1.82, 2.24) is 0 Å². The van der Waals surface area contributed by atoms with E-state index in [0.29, 0.717) is 5.69 Å². The zero-order valence-electron chi connectivity index (χ0n) is 9.15. The number of carbonyl (C=O) groups is 1. The molecule has 0 spiro atoms. The van der Waals surface area contributed by atoms with Crippen LogP contribution in [0.15, 0.2) is 42.5 Å². The highest BCUT2D eigenvalue weighted by Crippen LogP contribution is 2.22. The summed E-state index contributed by atoms with van der Waals surface area (Å²) in [6.07, 6.45) is 0. The second kappa shape index (κ2) is 4.83. The Morgan fingerprint density at radius 1 is 1.06 bits per heavy atom. The zero-order valence-corrected chi connectivity index (χ0v) is 9.15. The number of aromatic carboxylic acids is 1. The topological polar surface area (TPSA) is 49.3 Å². The van der Waals surface area contributed by atoms with Gasteiger partial charge >= 0.3 is 5.97 Å². The number of carboxylic acid groups (broad SMARTS) is 1. The third-order valence-electron chi connectivity index (χ3n) is 2.36. The lowest BCUT2D eigenvalue weighted by Gasteiger charge is -2.09. The van der Waals surface area contributed by atoms with Gasteiger partial charge in [0.2, 0.25) is 0 Å². The Bertz CT molecular complexity index is 599. The van der Waals surface area contributed by atoms with Crippen LogP contribution in [-0.2, 0) is 0 Å². The normalized spacial score (nSPS) is 10.1. The van der Waals surface area contributed by atoms with Gasteiger partial charge in [0.25, 0.3) is 0 Å². The summed E-state index contributed by atoms with van der Waals surface area (Å²) in [6, 6.07) is 9.47. The van der Waals surface area contributed by atoms with E-state index >= 15 is 0 Å². The van der Waals surface area contributed by atoms with Crippen LogP contribution >= 0.6 is 0 Å². The third kappa shape index (κ3) is 2.45. The molecule has 0 aliphatic heterocycles. The van der Waals surface area contributed by atoms with Gasteiger partial charge in [-0.05, 0) is 24.3 Å². The van der Waals surface area contributed by atoms with Crippen molar-refractivity contribution in [3.8, 4) is 0 Å².